The highest BCUT2D eigenvalue weighted by atomic mass is 32.2. The first kappa shape index (κ1) is 17.1. The third-order valence-electron chi connectivity index (χ3n) is 3.92. The number of benzene rings is 2. The van der Waals surface area contributed by atoms with Crippen LogP contribution in [0.1, 0.15) is 29.3 Å². The second-order valence-electron chi connectivity index (χ2n) is 5.70. The number of carboxylic acids is 1. The first-order valence-electron chi connectivity index (χ1n) is 7.52. The van der Waals surface area contributed by atoms with Gasteiger partial charge in [-0.05, 0) is 42.3 Å². The Hall–Kier alpha value is -2.71. The van der Waals surface area contributed by atoms with Crippen molar-refractivity contribution < 1.29 is 22.7 Å². The van der Waals surface area contributed by atoms with Crippen molar-refractivity contribution in [2.24, 2.45) is 5.14 Å². The largest absolute Gasteiger partial charge is 0.478 e. The van der Waals surface area contributed by atoms with Gasteiger partial charge < -0.3 is 9.52 Å². The molecule has 0 spiro atoms. The van der Waals surface area contributed by atoms with Gasteiger partial charge in [-0.3, -0.25) is 4.79 Å². The van der Waals surface area contributed by atoms with Gasteiger partial charge in [-0.25, -0.2) is 18.4 Å². The number of aromatic carboxylic acids is 1. The van der Waals surface area contributed by atoms with Crippen LogP contribution in [0.15, 0.2) is 44.4 Å². The zero-order chi connectivity index (χ0) is 18.4. The molecule has 0 bridgehead atoms. The number of aryl methyl sites for hydroxylation is 1. The van der Waals surface area contributed by atoms with Crippen molar-refractivity contribution in [3.63, 3.8) is 0 Å². The Kier molecular flexibility index (Phi) is 4.09. The SMILES string of the molecule is CCCc1cc(S(N)(=O)=O)cc2c(=O)c3cc(C(=O)O)ccc3oc12. The van der Waals surface area contributed by atoms with Crippen LogP contribution in [0, 0.1) is 0 Å². The molecule has 7 nitrogen and oxygen atoms in total. The topological polar surface area (TPSA) is 128 Å². The monoisotopic (exact) mass is 361 g/mol. The van der Waals surface area contributed by atoms with Crippen molar-refractivity contribution >= 4 is 37.9 Å². The zero-order valence-corrected chi connectivity index (χ0v) is 14.1. The number of sulfonamides is 1. The lowest BCUT2D eigenvalue weighted by atomic mass is 10.0. The molecule has 0 unspecified atom stereocenters. The Bertz CT molecular complexity index is 1180. The minimum Gasteiger partial charge on any atom is -0.478 e. The normalized spacial score (nSPS) is 11.9. The number of rotatable bonds is 4. The average molecular weight is 361 g/mol. The molecule has 0 amide bonds. The van der Waals surface area contributed by atoms with Gasteiger partial charge in [0.25, 0.3) is 0 Å². The van der Waals surface area contributed by atoms with Crippen LogP contribution in [0.5, 0.6) is 0 Å². The summed E-state index contributed by atoms with van der Waals surface area (Å²) in [6, 6.07) is 6.55. The molecule has 25 heavy (non-hydrogen) atoms. The highest BCUT2D eigenvalue weighted by Crippen LogP contribution is 2.26. The summed E-state index contributed by atoms with van der Waals surface area (Å²) in [4.78, 5) is 23.7. The van der Waals surface area contributed by atoms with Gasteiger partial charge in [0.05, 0.1) is 21.2 Å². The van der Waals surface area contributed by atoms with Gasteiger partial charge in [0.2, 0.25) is 15.5 Å². The van der Waals surface area contributed by atoms with Gasteiger partial charge in [0.1, 0.15) is 11.2 Å². The summed E-state index contributed by atoms with van der Waals surface area (Å²) in [5.41, 5.74) is 0.529. The Morgan fingerprint density at radius 1 is 1.20 bits per heavy atom. The second-order valence-corrected chi connectivity index (χ2v) is 7.26. The number of hydrogen-bond acceptors (Lipinski definition) is 5. The number of carboxylic acid groups (broad SMARTS) is 1. The molecule has 3 rings (SSSR count). The molecule has 3 aromatic rings. The first-order chi connectivity index (χ1) is 11.7. The molecule has 0 fully saturated rings. The molecule has 1 aromatic heterocycles. The Labute approximate surface area is 142 Å². The fourth-order valence-electron chi connectivity index (χ4n) is 2.75. The Morgan fingerprint density at radius 2 is 1.92 bits per heavy atom. The lowest BCUT2D eigenvalue weighted by Crippen LogP contribution is -2.14. The fraction of sp³-hybridized carbons (Fsp3) is 0.176. The minimum atomic E-state index is -4.00. The molecule has 0 aliphatic carbocycles. The van der Waals surface area contributed by atoms with E-state index in [4.69, 9.17) is 14.7 Å². The van der Waals surface area contributed by atoms with E-state index < -0.39 is 21.4 Å². The highest BCUT2D eigenvalue weighted by molar-refractivity contribution is 7.89. The maximum absolute atomic E-state index is 12.8. The van der Waals surface area contributed by atoms with E-state index in [1.807, 2.05) is 6.92 Å². The third kappa shape index (κ3) is 3.01. The van der Waals surface area contributed by atoms with E-state index in [1.165, 1.54) is 30.3 Å². The standard InChI is InChI=1S/C17H15NO6S/c1-2-3-9-6-11(25(18,22)23)8-13-15(19)12-7-10(17(20)21)4-5-14(12)24-16(9)13/h4-8H,2-3H2,1H3,(H,20,21)(H2,18,22,23). The van der Waals surface area contributed by atoms with Gasteiger partial charge >= 0.3 is 5.97 Å². The lowest BCUT2D eigenvalue weighted by Gasteiger charge is -2.09. The van der Waals surface area contributed by atoms with E-state index >= 15 is 0 Å². The molecular weight excluding hydrogens is 346 g/mol. The summed E-state index contributed by atoms with van der Waals surface area (Å²) < 4.78 is 29.2. The van der Waals surface area contributed by atoms with E-state index in [9.17, 15) is 18.0 Å². The molecule has 0 radical (unpaired) electrons. The molecule has 0 atom stereocenters. The lowest BCUT2D eigenvalue weighted by molar-refractivity contribution is 0.0697. The Morgan fingerprint density at radius 3 is 2.52 bits per heavy atom. The number of nitrogens with two attached hydrogens (primary N) is 1. The maximum atomic E-state index is 12.8. The van der Waals surface area contributed by atoms with Crippen LogP contribution in [0.25, 0.3) is 21.9 Å². The van der Waals surface area contributed by atoms with Crippen molar-refractivity contribution in [2.45, 2.75) is 24.7 Å². The quantitative estimate of drug-likeness (QED) is 0.686. The summed E-state index contributed by atoms with van der Waals surface area (Å²) >= 11 is 0. The predicted octanol–water partition coefficient (Wildman–Crippen LogP) is 2.24. The van der Waals surface area contributed by atoms with E-state index in [0.29, 0.717) is 18.4 Å². The molecule has 0 saturated heterocycles. The third-order valence-corrected chi connectivity index (χ3v) is 4.81. The highest BCUT2D eigenvalue weighted by Gasteiger charge is 2.18. The number of hydrogen-bond donors (Lipinski definition) is 2. The van der Waals surface area contributed by atoms with Crippen LogP contribution in [-0.4, -0.2) is 19.5 Å². The van der Waals surface area contributed by atoms with Crippen LogP contribution >= 0.6 is 0 Å². The molecule has 8 heteroatoms. The summed E-state index contributed by atoms with van der Waals surface area (Å²) in [7, 11) is -4.00. The van der Waals surface area contributed by atoms with E-state index in [2.05, 4.69) is 0 Å². The van der Waals surface area contributed by atoms with Gasteiger partial charge in [-0.15, -0.1) is 0 Å². The number of fused-ring (bicyclic) bond motifs is 2. The fourth-order valence-corrected chi connectivity index (χ4v) is 3.34. The average Bonchev–Trinajstić information content (AvgIpc) is 2.54. The molecule has 2 aromatic carbocycles. The van der Waals surface area contributed by atoms with Crippen molar-refractivity contribution in [1.82, 2.24) is 0 Å². The van der Waals surface area contributed by atoms with E-state index in [-0.39, 0.29) is 32.4 Å². The second kappa shape index (κ2) is 5.98. The predicted molar refractivity (Wildman–Crippen MR) is 92.3 cm³/mol. The van der Waals surface area contributed by atoms with Gasteiger partial charge in [-0.1, -0.05) is 13.3 Å². The Balaban J connectivity index is 2.48. The van der Waals surface area contributed by atoms with Crippen LogP contribution in [0.2, 0.25) is 0 Å². The van der Waals surface area contributed by atoms with E-state index in [1.54, 1.807) is 0 Å². The summed E-state index contributed by atoms with van der Waals surface area (Å²) in [6.07, 6.45) is 1.21. The van der Waals surface area contributed by atoms with Crippen molar-refractivity contribution in [1.29, 1.82) is 0 Å². The van der Waals surface area contributed by atoms with Gasteiger partial charge in [-0.2, -0.15) is 0 Å². The van der Waals surface area contributed by atoms with Crippen LogP contribution < -0.4 is 10.6 Å². The summed E-state index contributed by atoms with van der Waals surface area (Å²) in [5, 5.41) is 14.4. The summed E-state index contributed by atoms with van der Waals surface area (Å²) in [6.45, 7) is 1.91. The van der Waals surface area contributed by atoms with Crippen LogP contribution in [0.3, 0.4) is 0 Å². The van der Waals surface area contributed by atoms with Gasteiger partial charge in [0, 0.05) is 0 Å². The molecule has 0 aliphatic heterocycles. The van der Waals surface area contributed by atoms with Crippen LogP contribution in [-0.2, 0) is 16.4 Å². The first-order valence-corrected chi connectivity index (χ1v) is 9.06. The molecule has 130 valence electrons. The minimum absolute atomic E-state index is 0.0597. The molecular formula is C17H15NO6S. The molecule has 1 heterocycles. The van der Waals surface area contributed by atoms with E-state index in [0.717, 1.165) is 0 Å². The smallest absolute Gasteiger partial charge is 0.335 e. The molecule has 0 aliphatic rings. The van der Waals surface area contributed by atoms with Crippen molar-refractivity contribution in [2.75, 3.05) is 0 Å². The van der Waals surface area contributed by atoms with Crippen LogP contribution in [0.4, 0.5) is 0 Å². The van der Waals surface area contributed by atoms with Crippen molar-refractivity contribution in [3.05, 3.63) is 51.7 Å². The number of carbonyl (C=O) groups is 1. The summed E-state index contributed by atoms with van der Waals surface area (Å²) in [5.74, 6) is -1.17. The number of primary sulfonamides is 1. The van der Waals surface area contributed by atoms with Gasteiger partial charge in [0.15, 0.2) is 0 Å². The molecule has 3 N–H and O–H groups in total. The maximum Gasteiger partial charge on any atom is 0.335 e. The zero-order valence-electron chi connectivity index (χ0n) is 13.3. The molecule has 0 saturated carbocycles. The van der Waals surface area contributed by atoms with Crippen molar-refractivity contribution in [3.8, 4) is 0 Å².